The highest BCUT2D eigenvalue weighted by atomic mass is 16.5. The van der Waals surface area contributed by atoms with Crippen molar-refractivity contribution in [3.63, 3.8) is 0 Å². The first-order valence-corrected chi connectivity index (χ1v) is 9.80. The normalized spacial score (nSPS) is 10.9. The minimum Gasteiger partial charge on any atom is -0.497 e. The maximum absolute atomic E-state index is 12.4. The van der Waals surface area contributed by atoms with Crippen molar-refractivity contribution in [2.75, 3.05) is 7.11 Å². The Morgan fingerprint density at radius 1 is 0.774 bits per heavy atom. The van der Waals surface area contributed by atoms with Crippen LogP contribution in [0.2, 0.25) is 0 Å². The second kappa shape index (κ2) is 9.09. The third-order valence-corrected chi connectivity index (χ3v) is 5.00. The van der Waals surface area contributed by atoms with Gasteiger partial charge < -0.3 is 9.47 Å². The van der Waals surface area contributed by atoms with Gasteiger partial charge in [-0.15, -0.1) is 0 Å². The fourth-order valence-electron chi connectivity index (χ4n) is 3.51. The predicted octanol–water partition coefficient (Wildman–Crippen LogP) is 5.95. The molecule has 0 heterocycles. The van der Waals surface area contributed by atoms with Crippen LogP contribution in [0.25, 0.3) is 28.0 Å². The number of carbonyl (C=O) groups is 2. The molecule has 4 rings (SSSR count). The average molecular weight is 408 g/mol. The van der Waals surface area contributed by atoms with Gasteiger partial charge in [-0.3, -0.25) is 4.79 Å². The number of hydrogen-bond acceptors (Lipinski definition) is 4. The van der Waals surface area contributed by atoms with E-state index in [-0.39, 0.29) is 0 Å². The molecular weight excluding hydrogens is 388 g/mol. The molecule has 4 heteroatoms. The molecule has 152 valence electrons. The lowest BCUT2D eigenvalue weighted by atomic mass is 9.90. The van der Waals surface area contributed by atoms with Crippen molar-refractivity contribution in [1.29, 1.82) is 0 Å². The van der Waals surface area contributed by atoms with E-state index in [2.05, 4.69) is 0 Å². The molecule has 4 aromatic rings. The molecule has 0 aliphatic heterocycles. The van der Waals surface area contributed by atoms with Gasteiger partial charge in [-0.2, -0.15) is 0 Å². The molecule has 4 nitrogen and oxygen atoms in total. The Labute approximate surface area is 180 Å². The van der Waals surface area contributed by atoms with Gasteiger partial charge in [0.2, 0.25) is 0 Å². The Bertz CT molecular complexity index is 1270. The number of benzene rings is 4. The molecule has 0 unspecified atom stereocenters. The van der Waals surface area contributed by atoms with Crippen LogP contribution < -0.4 is 9.47 Å². The number of esters is 1. The van der Waals surface area contributed by atoms with Gasteiger partial charge in [0.1, 0.15) is 11.5 Å². The van der Waals surface area contributed by atoms with Gasteiger partial charge in [0.25, 0.3) is 0 Å². The average Bonchev–Trinajstić information content (AvgIpc) is 2.82. The molecule has 0 aromatic heterocycles. The van der Waals surface area contributed by atoms with Gasteiger partial charge >= 0.3 is 5.97 Å². The summed E-state index contributed by atoms with van der Waals surface area (Å²) in [6, 6.07) is 26.1. The van der Waals surface area contributed by atoms with Crippen molar-refractivity contribution in [2.45, 2.75) is 0 Å². The van der Waals surface area contributed by atoms with Crippen molar-refractivity contribution in [1.82, 2.24) is 0 Å². The largest absolute Gasteiger partial charge is 0.497 e. The van der Waals surface area contributed by atoms with Crippen LogP contribution in [0, 0.1) is 0 Å². The molecule has 0 atom stereocenters. The molecule has 0 radical (unpaired) electrons. The third-order valence-electron chi connectivity index (χ3n) is 5.00. The van der Waals surface area contributed by atoms with Gasteiger partial charge in [-0.1, -0.05) is 60.7 Å². The molecule has 4 aromatic carbocycles. The summed E-state index contributed by atoms with van der Waals surface area (Å²) in [5.41, 5.74) is 3.13. The van der Waals surface area contributed by atoms with Crippen molar-refractivity contribution < 1.29 is 19.1 Å². The Morgan fingerprint density at radius 3 is 2.26 bits per heavy atom. The van der Waals surface area contributed by atoms with Crippen molar-refractivity contribution in [2.24, 2.45) is 0 Å². The van der Waals surface area contributed by atoms with Gasteiger partial charge in [0.05, 0.1) is 7.11 Å². The maximum Gasteiger partial charge on any atom is 0.336 e. The lowest BCUT2D eigenvalue weighted by Crippen LogP contribution is -2.03. The molecule has 0 spiro atoms. The summed E-state index contributed by atoms with van der Waals surface area (Å²) >= 11 is 0. The monoisotopic (exact) mass is 408 g/mol. The van der Waals surface area contributed by atoms with E-state index >= 15 is 0 Å². The molecule has 0 amide bonds. The van der Waals surface area contributed by atoms with Crippen LogP contribution in [-0.4, -0.2) is 19.4 Å². The van der Waals surface area contributed by atoms with Crippen molar-refractivity contribution in [3.05, 3.63) is 102 Å². The minimum atomic E-state index is -0.493. The number of hydrogen-bond donors (Lipinski definition) is 0. The molecule has 0 bridgehead atoms. The molecule has 31 heavy (non-hydrogen) atoms. The van der Waals surface area contributed by atoms with Crippen LogP contribution >= 0.6 is 0 Å². The summed E-state index contributed by atoms with van der Waals surface area (Å²) in [7, 11) is 1.58. The number of carbonyl (C=O) groups excluding carboxylic acids is 2. The standard InChI is InChI=1S/C27H20O4/c1-30-22-13-15-23(16-14-22)31-26(29)17-12-20-11-10-19-6-2-4-8-24(19)27(20)25-9-5-3-7-21(25)18-28/h2-18H,1H3/b17-12+. The summed E-state index contributed by atoms with van der Waals surface area (Å²) < 4.78 is 10.5. The maximum atomic E-state index is 12.4. The van der Waals surface area contributed by atoms with Gasteiger partial charge in [0, 0.05) is 11.6 Å². The predicted molar refractivity (Wildman–Crippen MR) is 122 cm³/mol. The van der Waals surface area contributed by atoms with E-state index in [0.717, 1.165) is 33.7 Å². The van der Waals surface area contributed by atoms with E-state index in [1.165, 1.54) is 6.08 Å². The van der Waals surface area contributed by atoms with E-state index in [9.17, 15) is 9.59 Å². The summed E-state index contributed by atoms with van der Waals surface area (Å²) in [5, 5.41) is 2.05. The molecule has 0 saturated heterocycles. The van der Waals surface area contributed by atoms with Crippen LogP contribution in [0.3, 0.4) is 0 Å². The smallest absolute Gasteiger partial charge is 0.336 e. The Balaban J connectivity index is 1.71. The molecule has 0 aliphatic carbocycles. The minimum absolute atomic E-state index is 0.431. The van der Waals surface area contributed by atoms with Crippen LogP contribution in [0.5, 0.6) is 11.5 Å². The third kappa shape index (κ3) is 4.38. The Morgan fingerprint density at radius 2 is 1.48 bits per heavy atom. The summed E-state index contributed by atoms with van der Waals surface area (Å²) in [4.78, 5) is 24.0. The van der Waals surface area contributed by atoms with Gasteiger partial charge in [-0.05, 0) is 57.8 Å². The van der Waals surface area contributed by atoms with Crippen LogP contribution in [0.4, 0.5) is 0 Å². The SMILES string of the molecule is COc1ccc(OC(=O)/C=C/c2ccc3ccccc3c2-c2ccccc2C=O)cc1. The van der Waals surface area contributed by atoms with E-state index in [0.29, 0.717) is 17.1 Å². The highest BCUT2D eigenvalue weighted by molar-refractivity contribution is 6.05. The van der Waals surface area contributed by atoms with E-state index in [4.69, 9.17) is 9.47 Å². The fraction of sp³-hybridized carbons (Fsp3) is 0.0370. The number of rotatable bonds is 6. The quantitative estimate of drug-likeness (QED) is 0.171. The van der Waals surface area contributed by atoms with E-state index in [1.54, 1.807) is 43.5 Å². The van der Waals surface area contributed by atoms with Crippen LogP contribution in [-0.2, 0) is 4.79 Å². The number of methoxy groups -OCH3 is 1. The lowest BCUT2D eigenvalue weighted by Gasteiger charge is -2.13. The molecule has 0 aliphatic rings. The first kappa shape index (κ1) is 20.1. The number of aldehydes is 1. The van der Waals surface area contributed by atoms with Crippen LogP contribution in [0.15, 0.2) is 91.0 Å². The number of ether oxygens (including phenoxy) is 2. The van der Waals surface area contributed by atoms with E-state index < -0.39 is 5.97 Å². The molecule has 0 saturated carbocycles. The second-order valence-corrected chi connectivity index (χ2v) is 6.89. The van der Waals surface area contributed by atoms with Gasteiger partial charge in [0.15, 0.2) is 6.29 Å². The molecular formula is C27H20O4. The summed E-state index contributed by atoms with van der Waals surface area (Å²) in [6.07, 6.45) is 3.96. The Kier molecular flexibility index (Phi) is 5.90. The van der Waals surface area contributed by atoms with Crippen LogP contribution in [0.1, 0.15) is 15.9 Å². The summed E-state index contributed by atoms with van der Waals surface area (Å²) in [6.45, 7) is 0. The van der Waals surface area contributed by atoms with E-state index in [1.807, 2.05) is 54.6 Å². The Hall–Kier alpha value is -4.18. The van der Waals surface area contributed by atoms with Crippen molar-refractivity contribution in [3.8, 4) is 22.6 Å². The lowest BCUT2D eigenvalue weighted by molar-refractivity contribution is -0.128. The topological polar surface area (TPSA) is 52.6 Å². The molecule has 0 N–H and O–H groups in total. The van der Waals surface area contributed by atoms with Gasteiger partial charge in [-0.25, -0.2) is 4.79 Å². The zero-order valence-corrected chi connectivity index (χ0v) is 16.9. The highest BCUT2D eigenvalue weighted by Crippen LogP contribution is 2.34. The first-order chi connectivity index (χ1) is 15.2. The second-order valence-electron chi connectivity index (χ2n) is 6.89. The summed E-state index contributed by atoms with van der Waals surface area (Å²) in [5.74, 6) is 0.624. The molecule has 0 fully saturated rings. The zero-order chi connectivity index (χ0) is 21.6. The fourth-order valence-corrected chi connectivity index (χ4v) is 3.51. The van der Waals surface area contributed by atoms with Crippen molar-refractivity contribution >= 4 is 29.1 Å². The zero-order valence-electron chi connectivity index (χ0n) is 16.9. The highest BCUT2D eigenvalue weighted by Gasteiger charge is 2.12. The number of fused-ring (bicyclic) bond motifs is 1. The first-order valence-electron chi connectivity index (χ1n) is 9.80.